The molecule has 2 aromatic rings. The van der Waals surface area contributed by atoms with E-state index in [0.29, 0.717) is 31.9 Å². The molecule has 2 amide bonds. The highest BCUT2D eigenvalue weighted by molar-refractivity contribution is 5.92. The number of benzene rings is 2. The van der Waals surface area contributed by atoms with Crippen molar-refractivity contribution >= 4 is 28.6 Å². The molecule has 1 saturated heterocycles. The number of piperazine rings is 1. The molecule has 7 heteroatoms. The second kappa shape index (κ2) is 7.86. The van der Waals surface area contributed by atoms with E-state index in [1.807, 2.05) is 42.5 Å². The van der Waals surface area contributed by atoms with Gasteiger partial charge in [0.2, 0.25) is 5.91 Å². The van der Waals surface area contributed by atoms with Gasteiger partial charge in [0.15, 0.2) is 6.61 Å². The lowest BCUT2D eigenvalue weighted by molar-refractivity contribution is -0.304. The number of nitrogens with zero attached hydrogens (tertiary/aromatic N) is 2. The average molecular weight is 355 g/mol. The summed E-state index contributed by atoms with van der Waals surface area (Å²) in [5, 5.41) is 12.5. The van der Waals surface area contributed by atoms with E-state index in [4.69, 9.17) is 4.74 Å². The number of carboxylic acid groups (broad SMARTS) is 1. The molecular formula is C19H19N2O5-. The Morgan fingerprint density at radius 1 is 0.885 bits per heavy atom. The van der Waals surface area contributed by atoms with Crippen LogP contribution in [-0.2, 0) is 14.4 Å². The SMILES string of the molecule is O=C([O-])CC(=O)N1CCN(C(=O)COc2cccc3ccccc23)CC1. The van der Waals surface area contributed by atoms with E-state index in [9.17, 15) is 19.5 Å². The van der Waals surface area contributed by atoms with Crippen LogP contribution in [0.25, 0.3) is 10.8 Å². The molecule has 0 spiro atoms. The molecule has 0 aliphatic carbocycles. The topological polar surface area (TPSA) is 90.0 Å². The third kappa shape index (κ3) is 4.11. The monoisotopic (exact) mass is 355 g/mol. The normalized spacial score (nSPS) is 14.3. The largest absolute Gasteiger partial charge is 0.550 e. The van der Waals surface area contributed by atoms with Crippen LogP contribution in [0.4, 0.5) is 0 Å². The van der Waals surface area contributed by atoms with Gasteiger partial charge in [-0.15, -0.1) is 0 Å². The van der Waals surface area contributed by atoms with E-state index in [0.717, 1.165) is 10.8 Å². The minimum atomic E-state index is -1.39. The van der Waals surface area contributed by atoms with E-state index in [1.165, 1.54) is 4.90 Å². The Bertz CT molecular complexity index is 822. The molecule has 0 bridgehead atoms. The number of amides is 2. The Morgan fingerprint density at radius 2 is 1.50 bits per heavy atom. The van der Waals surface area contributed by atoms with Gasteiger partial charge in [0, 0.05) is 31.6 Å². The zero-order valence-corrected chi connectivity index (χ0v) is 14.2. The number of carbonyl (C=O) groups excluding carboxylic acids is 3. The van der Waals surface area contributed by atoms with Crippen LogP contribution in [-0.4, -0.2) is 60.4 Å². The molecule has 1 aliphatic heterocycles. The van der Waals surface area contributed by atoms with E-state index >= 15 is 0 Å². The number of aliphatic carboxylic acids is 1. The van der Waals surface area contributed by atoms with Gasteiger partial charge >= 0.3 is 0 Å². The Morgan fingerprint density at radius 3 is 2.19 bits per heavy atom. The van der Waals surface area contributed by atoms with Crippen molar-refractivity contribution in [3.05, 3.63) is 42.5 Å². The summed E-state index contributed by atoms with van der Waals surface area (Å²) in [5.74, 6) is -1.38. The summed E-state index contributed by atoms with van der Waals surface area (Å²) < 4.78 is 5.70. The second-order valence-corrected chi connectivity index (χ2v) is 6.08. The number of hydrogen-bond donors (Lipinski definition) is 0. The van der Waals surface area contributed by atoms with Gasteiger partial charge in [-0.05, 0) is 11.5 Å². The van der Waals surface area contributed by atoms with Gasteiger partial charge in [-0.3, -0.25) is 9.59 Å². The zero-order valence-electron chi connectivity index (χ0n) is 14.2. The third-order valence-corrected chi connectivity index (χ3v) is 4.38. The molecule has 1 heterocycles. The molecule has 0 atom stereocenters. The molecule has 26 heavy (non-hydrogen) atoms. The van der Waals surface area contributed by atoms with Crippen LogP contribution >= 0.6 is 0 Å². The van der Waals surface area contributed by atoms with E-state index < -0.39 is 18.3 Å². The van der Waals surface area contributed by atoms with E-state index in [1.54, 1.807) is 4.90 Å². The summed E-state index contributed by atoms with van der Waals surface area (Å²) in [7, 11) is 0. The predicted octanol–water partition coefficient (Wildman–Crippen LogP) is 0.0294. The van der Waals surface area contributed by atoms with Gasteiger partial charge in [0.25, 0.3) is 5.91 Å². The standard InChI is InChI=1S/C19H20N2O5/c22-17(12-19(24)25)20-8-10-21(11-9-20)18(23)13-26-16-7-3-5-14-4-1-2-6-15(14)16/h1-7H,8-13H2,(H,24,25)/p-1. The molecule has 0 saturated carbocycles. The summed E-state index contributed by atoms with van der Waals surface area (Å²) in [5.41, 5.74) is 0. The first-order valence-corrected chi connectivity index (χ1v) is 8.40. The van der Waals surface area contributed by atoms with Crippen molar-refractivity contribution in [1.29, 1.82) is 0 Å². The summed E-state index contributed by atoms with van der Waals surface area (Å²) in [6, 6.07) is 13.5. The molecular weight excluding hydrogens is 336 g/mol. The summed E-state index contributed by atoms with van der Waals surface area (Å²) in [6.45, 7) is 1.26. The van der Waals surface area contributed by atoms with Crippen LogP contribution in [0.3, 0.4) is 0 Å². The maximum atomic E-state index is 12.4. The number of rotatable bonds is 5. The lowest BCUT2D eigenvalue weighted by Gasteiger charge is -2.34. The van der Waals surface area contributed by atoms with Crippen LogP contribution in [0, 0.1) is 0 Å². The maximum Gasteiger partial charge on any atom is 0.260 e. The van der Waals surface area contributed by atoms with Crippen molar-refractivity contribution in [2.24, 2.45) is 0 Å². The fourth-order valence-electron chi connectivity index (χ4n) is 2.99. The van der Waals surface area contributed by atoms with Crippen LogP contribution < -0.4 is 9.84 Å². The Hall–Kier alpha value is -3.09. The summed E-state index contributed by atoms with van der Waals surface area (Å²) >= 11 is 0. The van der Waals surface area contributed by atoms with Crippen molar-refractivity contribution in [2.45, 2.75) is 6.42 Å². The van der Waals surface area contributed by atoms with Crippen molar-refractivity contribution in [3.63, 3.8) is 0 Å². The predicted molar refractivity (Wildman–Crippen MR) is 92.2 cm³/mol. The van der Waals surface area contributed by atoms with Crippen molar-refractivity contribution in [2.75, 3.05) is 32.8 Å². The Kier molecular flexibility index (Phi) is 5.36. The highest BCUT2D eigenvalue weighted by atomic mass is 16.5. The fraction of sp³-hybridized carbons (Fsp3) is 0.316. The van der Waals surface area contributed by atoms with Gasteiger partial charge in [-0.25, -0.2) is 0 Å². The molecule has 3 rings (SSSR count). The quantitative estimate of drug-likeness (QED) is 0.706. The molecule has 2 aromatic carbocycles. The minimum absolute atomic E-state index is 0.0823. The maximum absolute atomic E-state index is 12.4. The molecule has 0 N–H and O–H groups in total. The lowest BCUT2D eigenvalue weighted by atomic mass is 10.1. The van der Waals surface area contributed by atoms with Crippen molar-refractivity contribution in [3.8, 4) is 5.75 Å². The number of carboxylic acids is 1. The van der Waals surface area contributed by atoms with Gasteiger partial charge in [0.1, 0.15) is 5.75 Å². The van der Waals surface area contributed by atoms with Crippen LogP contribution in [0.5, 0.6) is 5.75 Å². The van der Waals surface area contributed by atoms with Gasteiger partial charge in [-0.1, -0.05) is 36.4 Å². The van der Waals surface area contributed by atoms with Gasteiger partial charge in [-0.2, -0.15) is 0 Å². The van der Waals surface area contributed by atoms with Crippen molar-refractivity contribution < 1.29 is 24.2 Å². The number of fused-ring (bicyclic) bond motifs is 1. The second-order valence-electron chi connectivity index (χ2n) is 6.08. The molecule has 0 unspecified atom stereocenters. The zero-order chi connectivity index (χ0) is 18.5. The van der Waals surface area contributed by atoms with Crippen LogP contribution in [0.1, 0.15) is 6.42 Å². The minimum Gasteiger partial charge on any atom is -0.550 e. The van der Waals surface area contributed by atoms with E-state index in [-0.39, 0.29) is 12.5 Å². The number of ether oxygens (including phenoxy) is 1. The average Bonchev–Trinajstić information content (AvgIpc) is 2.65. The molecule has 0 aromatic heterocycles. The first-order chi connectivity index (χ1) is 12.5. The van der Waals surface area contributed by atoms with Crippen molar-refractivity contribution in [1.82, 2.24) is 9.80 Å². The molecule has 136 valence electrons. The summed E-state index contributed by atoms with van der Waals surface area (Å²) in [4.78, 5) is 37.6. The molecule has 0 radical (unpaired) electrons. The van der Waals surface area contributed by atoms with Crippen LogP contribution in [0.2, 0.25) is 0 Å². The molecule has 1 aliphatic rings. The Balaban J connectivity index is 1.53. The first kappa shape index (κ1) is 17.7. The Labute approximate surface area is 150 Å². The molecule has 7 nitrogen and oxygen atoms in total. The fourth-order valence-corrected chi connectivity index (χ4v) is 2.99. The highest BCUT2D eigenvalue weighted by Gasteiger charge is 2.24. The highest BCUT2D eigenvalue weighted by Crippen LogP contribution is 2.25. The molecule has 1 fully saturated rings. The number of hydrogen-bond acceptors (Lipinski definition) is 5. The lowest BCUT2D eigenvalue weighted by Crippen LogP contribution is -2.52. The van der Waals surface area contributed by atoms with Gasteiger partial charge in [0.05, 0.1) is 12.4 Å². The number of carbonyl (C=O) groups is 3. The van der Waals surface area contributed by atoms with E-state index in [2.05, 4.69) is 0 Å². The first-order valence-electron chi connectivity index (χ1n) is 8.40. The van der Waals surface area contributed by atoms with Crippen LogP contribution in [0.15, 0.2) is 42.5 Å². The summed E-state index contributed by atoms with van der Waals surface area (Å²) in [6.07, 6.45) is -0.627. The van der Waals surface area contributed by atoms with Gasteiger partial charge < -0.3 is 24.4 Å². The smallest absolute Gasteiger partial charge is 0.260 e. The third-order valence-electron chi connectivity index (χ3n) is 4.38.